The Morgan fingerprint density at radius 1 is 1.35 bits per heavy atom. The summed E-state index contributed by atoms with van der Waals surface area (Å²) in [6, 6.07) is 3.37. The molecule has 1 saturated heterocycles. The molecule has 1 aliphatic rings. The number of nitrogens with zero attached hydrogens (tertiary/aromatic N) is 1. The molecule has 1 aliphatic heterocycles. The molecule has 1 unspecified atom stereocenters. The summed E-state index contributed by atoms with van der Waals surface area (Å²) in [4.78, 5) is 24.4. The van der Waals surface area contributed by atoms with E-state index in [1.807, 2.05) is 0 Å². The van der Waals surface area contributed by atoms with Crippen LogP contribution in [0.4, 0.5) is 14.5 Å². The molecular formula is C16H20F2N2O3. The monoisotopic (exact) mass is 326 g/mol. The number of halogens is 2. The highest BCUT2D eigenvalue weighted by molar-refractivity contribution is 5.92. The molecule has 1 fully saturated rings. The number of rotatable bonds is 6. The molecule has 0 saturated carbocycles. The van der Waals surface area contributed by atoms with E-state index in [9.17, 15) is 18.4 Å². The summed E-state index contributed by atoms with van der Waals surface area (Å²) in [7, 11) is 0. The van der Waals surface area contributed by atoms with Gasteiger partial charge in [0.05, 0.1) is 6.10 Å². The summed E-state index contributed by atoms with van der Waals surface area (Å²) < 4.78 is 33.0. The molecule has 0 radical (unpaired) electrons. The number of nitrogens with one attached hydrogen (secondary N) is 1. The maximum atomic E-state index is 13.8. The topological polar surface area (TPSA) is 58.6 Å². The zero-order valence-corrected chi connectivity index (χ0v) is 13.0. The van der Waals surface area contributed by atoms with Crippen LogP contribution in [0.1, 0.15) is 26.2 Å². The van der Waals surface area contributed by atoms with Crippen molar-refractivity contribution in [2.24, 2.45) is 0 Å². The van der Waals surface area contributed by atoms with Crippen LogP contribution < -0.4 is 10.2 Å². The average molecular weight is 326 g/mol. The molecule has 126 valence electrons. The first-order valence-corrected chi connectivity index (χ1v) is 7.59. The van der Waals surface area contributed by atoms with Gasteiger partial charge in [-0.25, -0.2) is 8.78 Å². The first-order valence-electron chi connectivity index (χ1n) is 7.59. The average Bonchev–Trinajstić information content (AvgIpc) is 3.01. The Balaban J connectivity index is 1.92. The maximum absolute atomic E-state index is 13.8. The van der Waals surface area contributed by atoms with Crippen LogP contribution in [0.3, 0.4) is 0 Å². The van der Waals surface area contributed by atoms with Gasteiger partial charge in [-0.3, -0.25) is 9.59 Å². The van der Waals surface area contributed by atoms with Gasteiger partial charge in [0.25, 0.3) is 0 Å². The Kier molecular flexibility index (Phi) is 6.04. The highest BCUT2D eigenvalue weighted by Gasteiger charge is 2.21. The van der Waals surface area contributed by atoms with Crippen molar-refractivity contribution >= 4 is 17.5 Å². The predicted molar refractivity (Wildman–Crippen MR) is 81.0 cm³/mol. The van der Waals surface area contributed by atoms with Crippen LogP contribution in [-0.2, 0) is 14.3 Å². The minimum atomic E-state index is -0.833. The Labute approximate surface area is 133 Å². The van der Waals surface area contributed by atoms with Crippen LogP contribution in [0.15, 0.2) is 18.2 Å². The van der Waals surface area contributed by atoms with Crippen LogP contribution in [0, 0.1) is 11.6 Å². The van der Waals surface area contributed by atoms with E-state index in [0.29, 0.717) is 13.2 Å². The molecule has 0 spiro atoms. The molecule has 23 heavy (non-hydrogen) atoms. The molecular weight excluding hydrogens is 306 g/mol. The maximum Gasteiger partial charge on any atom is 0.224 e. The van der Waals surface area contributed by atoms with Crippen molar-refractivity contribution in [3.05, 3.63) is 29.8 Å². The number of benzene rings is 1. The fourth-order valence-electron chi connectivity index (χ4n) is 2.51. The van der Waals surface area contributed by atoms with Crippen molar-refractivity contribution in [3.8, 4) is 0 Å². The lowest BCUT2D eigenvalue weighted by atomic mass is 10.2. The third-order valence-corrected chi connectivity index (χ3v) is 3.70. The van der Waals surface area contributed by atoms with Gasteiger partial charge in [-0.2, -0.15) is 0 Å². The number of carbonyl (C=O) groups is 2. The molecule has 1 aromatic carbocycles. The number of para-hydroxylation sites is 1. The Hall–Kier alpha value is -2.02. The SMILES string of the molecule is CC(=O)N(CCC(=O)NCC1CCCO1)c1c(F)cccc1F. The molecule has 0 aliphatic carbocycles. The van der Waals surface area contributed by atoms with Crippen LogP contribution in [0.2, 0.25) is 0 Å². The van der Waals surface area contributed by atoms with Gasteiger partial charge < -0.3 is 15.0 Å². The van der Waals surface area contributed by atoms with Gasteiger partial charge >= 0.3 is 0 Å². The minimum Gasteiger partial charge on any atom is -0.376 e. The summed E-state index contributed by atoms with van der Waals surface area (Å²) in [6.45, 7) is 2.22. The lowest BCUT2D eigenvalue weighted by Gasteiger charge is -2.22. The third kappa shape index (κ3) is 4.72. The minimum absolute atomic E-state index is 0.0203. The Bertz CT molecular complexity index is 554. The van der Waals surface area contributed by atoms with Crippen molar-refractivity contribution in [3.63, 3.8) is 0 Å². The summed E-state index contributed by atoms with van der Waals surface area (Å²) in [6.07, 6.45) is 1.86. The van der Waals surface area contributed by atoms with Crippen LogP contribution in [0.25, 0.3) is 0 Å². The molecule has 0 aromatic heterocycles. The molecule has 2 rings (SSSR count). The van der Waals surface area contributed by atoms with E-state index in [2.05, 4.69) is 5.32 Å². The van der Waals surface area contributed by atoms with Crippen LogP contribution >= 0.6 is 0 Å². The van der Waals surface area contributed by atoms with Crippen LogP contribution in [0.5, 0.6) is 0 Å². The zero-order valence-electron chi connectivity index (χ0n) is 13.0. The predicted octanol–water partition coefficient (Wildman–Crippen LogP) is 2.00. The molecule has 0 bridgehead atoms. The molecule has 1 heterocycles. The van der Waals surface area contributed by atoms with Gasteiger partial charge in [0.1, 0.15) is 17.3 Å². The van der Waals surface area contributed by atoms with Gasteiger partial charge in [0, 0.05) is 33.0 Å². The van der Waals surface area contributed by atoms with Crippen molar-refractivity contribution in [2.75, 3.05) is 24.6 Å². The lowest BCUT2D eigenvalue weighted by molar-refractivity contribution is -0.121. The molecule has 7 heteroatoms. The number of hydrogen-bond acceptors (Lipinski definition) is 3. The number of amides is 2. The second kappa shape index (κ2) is 8.01. The fraction of sp³-hybridized carbons (Fsp3) is 0.500. The zero-order chi connectivity index (χ0) is 16.8. The van der Waals surface area contributed by atoms with Gasteiger partial charge in [-0.15, -0.1) is 0 Å². The summed E-state index contributed by atoms with van der Waals surface area (Å²) in [5, 5.41) is 2.71. The number of ether oxygens (including phenoxy) is 1. The van der Waals surface area contributed by atoms with Gasteiger partial charge in [0.2, 0.25) is 11.8 Å². The third-order valence-electron chi connectivity index (χ3n) is 3.70. The molecule has 1 aromatic rings. The fourth-order valence-corrected chi connectivity index (χ4v) is 2.51. The number of anilines is 1. The molecule has 1 N–H and O–H groups in total. The quantitative estimate of drug-likeness (QED) is 0.870. The number of carbonyl (C=O) groups excluding carboxylic acids is 2. The number of hydrogen-bond donors (Lipinski definition) is 1. The summed E-state index contributed by atoms with van der Waals surface area (Å²) in [5.41, 5.74) is -0.424. The van der Waals surface area contributed by atoms with Crippen molar-refractivity contribution in [2.45, 2.75) is 32.3 Å². The van der Waals surface area contributed by atoms with Crippen LogP contribution in [-0.4, -0.2) is 37.6 Å². The van der Waals surface area contributed by atoms with Gasteiger partial charge in [-0.05, 0) is 25.0 Å². The van der Waals surface area contributed by atoms with Crippen molar-refractivity contribution in [1.82, 2.24) is 5.32 Å². The normalized spacial score (nSPS) is 17.1. The summed E-state index contributed by atoms with van der Waals surface area (Å²) >= 11 is 0. The standard InChI is InChI=1S/C16H20F2N2O3/c1-11(21)20(16-13(17)5-2-6-14(16)18)8-7-15(22)19-10-12-4-3-9-23-12/h2,5-6,12H,3-4,7-10H2,1H3,(H,19,22). The van der Waals surface area contributed by atoms with E-state index < -0.39 is 23.2 Å². The summed E-state index contributed by atoms with van der Waals surface area (Å²) in [5.74, 6) is -2.48. The van der Waals surface area contributed by atoms with E-state index in [1.165, 1.54) is 13.0 Å². The highest BCUT2D eigenvalue weighted by atomic mass is 19.1. The molecule has 1 atom stereocenters. The van der Waals surface area contributed by atoms with Gasteiger partial charge in [0.15, 0.2) is 0 Å². The van der Waals surface area contributed by atoms with Crippen molar-refractivity contribution in [1.29, 1.82) is 0 Å². The van der Waals surface area contributed by atoms with E-state index in [-0.39, 0.29) is 25.0 Å². The van der Waals surface area contributed by atoms with E-state index in [1.54, 1.807) is 0 Å². The first kappa shape index (κ1) is 17.3. The molecule has 2 amide bonds. The largest absolute Gasteiger partial charge is 0.376 e. The highest BCUT2D eigenvalue weighted by Crippen LogP contribution is 2.23. The van der Waals surface area contributed by atoms with Gasteiger partial charge in [-0.1, -0.05) is 6.07 Å². The first-order chi connectivity index (χ1) is 11.0. The van der Waals surface area contributed by atoms with Crippen molar-refractivity contribution < 1.29 is 23.1 Å². The second-order valence-corrected chi connectivity index (χ2v) is 5.43. The Morgan fingerprint density at radius 2 is 2.04 bits per heavy atom. The van der Waals surface area contributed by atoms with E-state index in [4.69, 9.17) is 4.74 Å². The smallest absolute Gasteiger partial charge is 0.224 e. The van der Waals surface area contributed by atoms with E-state index in [0.717, 1.165) is 29.9 Å². The van der Waals surface area contributed by atoms with E-state index >= 15 is 0 Å². The Morgan fingerprint density at radius 3 is 2.61 bits per heavy atom. The second-order valence-electron chi connectivity index (χ2n) is 5.43. The molecule has 5 nitrogen and oxygen atoms in total. The lowest BCUT2D eigenvalue weighted by Crippen LogP contribution is -2.37.